The Bertz CT molecular complexity index is 1510. The first-order chi connectivity index (χ1) is 23.3. The SMILES string of the molecule is CN(C)C1(Cc2cccc(Cl)c2)CCC(N)CC1.CN(C)C1(Cc2ccccc2F)CCC(NC(=O)CCC(=O)c2ccc(F)cc2)CC1. The van der Waals surface area contributed by atoms with Gasteiger partial charge in [0.25, 0.3) is 0 Å². The van der Waals surface area contributed by atoms with Gasteiger partial charge in [-0.1, -0.05) is 41.9 Å². The van der Waals surface area contributed by atoms with Crippen molar-refractivity contribution in [2.75, 3.05) is 28.2 Å². The molecule has 6 nitrogen and oxygen atoms in total. The van der Waals surface area contributed by atoms with Crippen molar-refractivity contribution in [2.45, 2.75) is 100 Å². The van der Waals surface area contributed by atoms with Gasteiger partial charge in [-0.15, -0.1) is 0 Å². The lowest BCUT2D eigenvalue weighted by Crippen LogP contribution is -2.52. The number of carbonyl (C=O) groups is 2. The van der Waals surface area contributed by atoms with Crippen LogP contribution < -0.4 is 11.1 Å². The number of nitrogens with two attached hydrogens (primary N) is 1. The Balaban J connectivity index is 0.000000254. The minimum absolute atomic E-state index is 0.0575. The number of carbonyl (C=O) groups excluding carboxylic acids is 2. The van der Waals surface area contributed by atoms with Crippen molar-refractivity contribution in [1.82, 2.24) is 15.1 Å². The van der Waals surface area contributed by atoms with Crippen LogP contribution in [0, 0.1) is 11.6 Å². The van der Waals surface area contributed by atoms with Gasteiger partial charge in [-0.05, 0) is 146 Å². The highest BCUT2D eigenvalue weighted by Gasteiger charge is 2.38. The molecule has 266 valence electrons. The molecule has 0 aliphatic heterocycles. The second kappa shape index (κ2) is 17.7. The lowest BCUT2D eigenvalue weighted by atomic mass is 9.74. The number of rotatable bonds is 11. The smallest absolute Gasteiger partial charge is 0.220 e. The molecule has 2 fully saturated rings. The maximum Gasteiger partial charge on any atom is 0.220 e. The normalized spacial score (nSPS) is 23.9. The standard InChI is InChI=1S/C25H30F2N2O2.C15H23ClN2/c1-29(2)25(17-19-5-3-4-6-22(19)27)15-13-21(14-16-25)28-24(31)12-11-23(30)18-7-9-20(26)10-8-18;1-18(2)15(8-6-14(17)7-9-15)11-12-4-3-5-13(16)10-12/h3-10,21H,11-17H2,1-2H3,(H,28,31);3-5,10,14H,6-9,11,17H2,1-2H3. The van der Waals surface area contributed by atoms with E-state index in [1.54, 1.807) is 6.07 Å². The number of hydrogen-bond donors (Lipinski definition) is 2. The molecule has 0 radical (unpaired) electrons. The van der Waals surface area contributed by atoms with Crippen LogP contribution in [0.5, 0.6) is 0 Å². The lowest BCUT2D eigenvalue weighted by molar-refractivity contribution is -0.122. The number of benzene rings is 3. The highest BCUT2D eigenvalue weighted by Crippen LogP contribution is 2.37. The molecule has 3 aromatic carbocycles. The average Bonchev–Trinajstić information content (AvgIpc) is 3.07. The van der Waals surface area contributed by atoms with Crippen molar-refractivity contribution < 1.29 is 18.4 Å². The fourth-order valence-electron chi connectivity index (χ4n) is 7.37. The molecule has 3 aromatic rings. The topological polar surface area (TPSA) is 78.7 Å². The van der Waals surface area contributed by atoms with Crippen LogP contribution in [0.3, 0.4) is 0 Å². The summed E-state index contributed by atoms with van der Waals surface area (Å²) < 4.78 is 27.2. The fraction of sp³-hybridized carbons (Fsp3) is 0.500. The third kappa shape index (κ3) is 10.9. The Labute approximate surface area is 296 Å². The zero-order chi connectivity index (χ0) is 35.6. The summed E-state index contributed by atoms with van der Waals surface area (Å²) in [4.78, 5) is 29.1. The second-order valence-corrected chi connectivity index (χ2v) is 14.9. The van der Waals surface area contributed by atoms with E-state index in [1.165, 1.54) is 48.7 Å². The van der Waals surface area contributed by atoms with Crippen LogP contribution in [-0.4, -0.2) is 72.8 Å². The molecule has 49 heavy (non-hydrogen) atoms. The van der Waals surface area contributed by atoms with Gasteiger partial charge in [0, 0.05) is 46.6 Å². The molecule has 0 saturated heterocycles. The number of likely N-dealkylation sites (N-methyl/N-ethyl adjacent to an activating group) is 2. The average molecular weight is 695 g/mol. The molecule has 0 spiro atoms. The molecule has 2 aliphatic rings. The second-order valence-electron chi connectivity index (χ2n) is 14.4. The highest BCUT2D eigenvalue weighted by molar-refractivity contribution is 6.30. The van der Waals surface area contributed by atoms with Gasteiger partial charge in [0.15, 0.2) is 5.78 Å². The first-order valence-corrected chi connectivity index (χ1v) is 17.8. The van der Waals surface area contributed by atoms with Crippen molar-refractivity contribution in [3.05, 3.63) is 106 Å². The van der Waals surface area contributed by atoms with Crippen LogP contribution in [0.25, 0.3) is 0 Å². The first-order valence-electron chi connectivity index (χ1n) is 17.5. The molecule has 2 saturated carbocycles. The minimum atomic E-state index is -0.393. The Morgan fingerprint density at radius 3 is 1.98 bits per heavy atom. The van der Waals surface area contributed by atoms with Gasteiger partial charge in [0.05, 0.1) is 0 Å². The summed E-state index contributed by atoms with van der Waals surface area (Å²) in [6.45, 7) is 0. The van der Waals surface area contributed by atoms with Crippen molar-refractivity contribution in [2.24, 2.45) is 5.73 Å². The predicted molar refractivity (Wildman–Crippen MR) is 195 cm³/mol. The summed E-state index contributed by atoms with van der Waals surface area (Å²) in [5.74, 6) is -0.886. The molecule has 9 heteroatoms. The molecule has 5 rings (SSSR count). The number of ketones is 1. The fourth-order valence-corrected chi connectivity index (χ4v) is 7.58. The molecule has 0 unspecified atom stereocenters. The molecule has 3 N–H and O–H groups in total. The van der Waals surface area contributed by atoms with Crippen molar-refractivity contribution in [3.63, 3.8) is 0 Å². The van der Waals surface area contributed by atoms with Crippen LogP contribution in [0.4, 0.5) is 8.78 Å². The van der Waals surface area contributed by atoms with Crippen molar-refractivity contribution in [1.29, 1.82) is 0 Å². The zero-order valence-electron chi connectivity index (χ0n) is 29.5. The number of amides is 1. The van der Waals surface area contributed by atoms with E-state index in [-0.39, 0.29) is 47.5 Å². The van der Waals surface area contributed by atoms with Crippen LogP contribution in [0.2, 0.25) is 5.02 Å². The summed E-state index contributed by atoms with van der Waals surface area (Å²) in [6.07, 6.45) is 9.83. The van der Waals surface area contributed by atoms with Crippen molar-refractivity contribution in [3.8, 4) is 0 Å². The minimum Gasteiger partial charge on any atom is -0.353 e. The predicted octanol–water partition coefficient (Wildman–Crippen LogP) is 7.61. The number of halogens is 3. The summed E-state index contributed by atoms with van der Waals surface area (Å²) in [5, 5.41) is 3.87. The maximum absolute atomic E-state index is 14.2. The quantitative estimate of drug-likeness (QED) is 0.202. The monoisotopic (exact) mass is 694 g/mol. The number of hydrogen-bond acceptors (Lipinski definition) is 5. The summed E-state index contributed by atoms with van der Waals surface area (Å²) >= 11 is 6.08. The van der Waals surface area contributed by atoms with Gasteiger partial charge in [0.2, 0.25) is 5.91 Å². The van der Waals surface area contributed by atoms with Crippen molar-refractivity contribution >= 4 is 23.3 Å². The lowest BCUT2D eigenvalue weighted by Gasteiger charge is -2.45. The van der Waals surface area contributed by atoms with Gasteiger partial charge in [-0.2, -0.15) is 0 Å². The van der Waals surface area contributed by atoms with Crippen LogP contribution in [0.1, 0.15) is 85.7 Å². The van der Waals surface area contributed by atoms with E-state index in [4.69, 9.17) is 17.3 Å². The van der Waals surface area contributed by atoms with E-state index in [2.05, 4.69) is 41.3 Å². The van der Waals surface area contributed by atoms with Gasteiger partial charge in [0.1, 0.15) is 11.6 Å². The van der Waals surface area contributed by atoms with Crippen LogP contribution in [-0.2, 0) is 17.6 Å². The van der Waals surface area contributed by atoms with E-state index in [0.29, 0.717) is 18.0 Å². The molecular formula is C40H53ClF2N4O2. The van der Waals surface area contributed by atoms with E-state index in [9.17, 15) is 18.4 Å². The summed E-state index contributed by atoms with van der Waals surface area (Å²) in [7, 11) is 8.42. The van der Waals surface area contributed by atoms with E-state index >= 15 is 0 Å². The van der Waals surface area contributed by atoms with Gasteiger partial charge in [-0.25, -0.2) is 8.78 Å². The summed E-state index contributed by atoms with van der Waals surface area (Å²) in [6, 6.07) is 20.9. The molecular weight excluding hydrogens is 642 g/mol. The van der Waals surface area contributed by atoms with Crippen LogP contribution >= 0.6 is 11.6 Å². The Morgan fingerprint density at radius 1 is 0.796 bits per heavy atom. The molecule has 0 heterocycles. The third-order valence-corrected chi connectivity index (χ3v) is 11.0. The largest absolute Gasteiger partial charge is 0.353 e. The molecule has 0 aromatic heterocycles. The molecule has 2 aliphatic carbocycles. The number of nitrogens with one attached hydrogen (secondary N) is 1. The Morgan fingerprint density at radius 2 is 1.39 bits per heavy atom. The third-order valence-electron chi connectivity index (χ3n) is 10.8. The maximum atomic E-state index is 14.2. The molecule has 0 atom stereocenters. The molecule has 1 amide bonds. The zero-order valence-corrected chi connectivity index (χ0v) is 30.2. The highest BCUT2D eigenvalue weighted by atomic mass is 35.5. The van der Waals surface area contributed by atoms with Crippen LogP contribution in [0.15, 0.2) is 72.8 Å². The van der Waals surface area contributed by atoms with Gasteiger partial charge >= 0.3 is 0 Å². The molecule has 0 bridgehead atoms. The Hall–Kier alpha value is -3.17. The van der Waals surface area contributed by atoms with E-state index < -0.39 is 5.82 Å². The van der Waals surface area contributed by atoms with Gasteiger partial charge in [-0.3, -0.25) is 9.59 Å². The number of Topliss-reactive ketones (excluding diaryl/α,β-unsaturated/α-hetero) is 1. The van der Waals surface area contributed by atoms with E-state index in [0.717, 1.165) is 55.5 Å². The number of nitrogens with zero attached hydrogens (tertiary/aromatic N) is 2. The first kappa shape index (κ1) is 38.6. The Kier molecular flexibility index (Phi) is 13.9. The van der Waals surface area contributed by atoms with Gasteiger partial charge < -0.3 is 20.9 Å². The van der Waals surface area contributed by atoms with E-state index in [1.807, 2.05) is 38.4 Å². The summed E-state index contributed by atoms with van der Waals surface area (Å²) in [5.41, 5.74) is 8.61.